The molecule has 0 aliphatic carbocycles. The van der Waals surface area contributed by atoms with Crippen molar-refractivity contribution in [2.45, 2.75) is 25.2 Å². The van der Waals surface area contributed by atoms with E-state index in [2.05, 4.69) is 4.98 Å². The minimum atomic E-state index is -0.0705. The number of pyridine rings is 1. The summed E-state index contributed by atoms with van der Waals surface area (Å²) in [4.78, 5) is 28.6. The summed E-state index contributed by atoms with van der Waals surface area (Å²) in [6.45, 7) is 1.68. The van der Waals surface area contributed by atoms with Crippen LogP contribution in [0.25, 0.3) is 0 Å². The van der Waals surface area contributed by atoms with Gasteiger partial charge in [-0.3, -0.25) is 9.59 Å². The van der Waals surface area contributed by atoms with E-state index in [1.165, 1.54) is 0 Å². The summed E-state index contributed by atoms with van der Waals surface area (Å²) in [6.07, 6.45) is 3.83. The lowest BCUT2D eigenvalue weighted by molar-refractivity contribution is -0.131. The number of nitrogens with one attached hydrogen (secondary N) is 1. The third-order valence-corrected chi connectivity index (χ3v) is 4.91. The molecule has 2 aliphatic rings. The van der Waals surface area contributed by atoms with E-state index in [9.17, 15) is 9.59 Å². The third-order valence-electron chi connectivity index (χ3n) is 4.91. The van der Waals surface area contributed by atoms with Gasteiger partial charge in [-0.05, 0) is 48.1 Å². The Bertz CT molecular complexity index is 837. The number of amides is 1. The van der Waals surface area contributed by atoms with Crippen molar-refractivity contribution in [3.63, 3.8) is 0 Å². The van der Waals surface area contributed by atoms with Gasteiger partial charge in [0.15, 0.2) is 11.5 Å². The topological polar surface area (TPSA) is 71.6 Å². The summed E-state index contributed by atoms with van der Waals surface area (Å²) in [6, 6.07) is 9.26. The second-order valence-electron chi connectivity index (χ2n) is 6.51. The molecule has 1 amide bonds. The predicted molar refractivity (Wildman–Crippen MR) is 91.9 cm³/mol. The van der Waals surface area contributed by atoms with Crippen LogP contribution in [0.5, 0.6) is 11.5 Å². The largest absolute Gasteiger partial charge is 0.454 e. The molecule has 0 saturated carbocycles. The van der Waals surface area contributed by atoms with Crippen molar-refractivity contribution in [2.24, 2.45) is 0 Å². The van der Waals surface area contributed by atoms with Crippen molar-refractivity contribution in [1.29, 1.82) is 0 Å². The summed E-state index contributed by atoms with van der Waals surface area (Å²) >= 11 is 0. The first-order chi connectivity index (χ1) is 12.2. The van der Waals surface area contributed by atoms with Gasteiger partial charge in [0.1, 0.15) is 0 Å². The molecule has 2 aromatic rings. The van der Waals surface area contributed by atoms with Crippen LogP contribution in [0.15, 0.2) is 41.3 Å². The van der Waals surface area contributed by atoms with Crippen LogP contribution in [0.1, 0.15) is 29.9 Å². The molecule has 0 atom stereocenters. The Morgan fingerprint density at radius 2 is 1.92 bits per heavy atom. The number of rotatable bonds is 3. The predicted octanol–water partition coefficient (Wildman–Crippen LogP) is 2.05. The molecule has 0 radical (unpaired) electrons. The van der Waals surface area contributed by atoms with Crippen molar-refractivity contribution in [2.75, 3.05) is 19.9 Å². The average molecular weight is 340 g/mol. The fraction of sp³-hybridized carbons (Fsp3) is 0.368. The normalized spacial score (nSPS) is 16.9. The van der Waals surface area contributed by atoms with E-state index in [4.69, 9.17) is 9.47 Å². The van der Waals surface area contributed by atoms with Crippen molar-refractivity contribution < 1.29 is 14.3 Å². The first kappa shape index (κ1) is 15.7. The number of nitrogens with zero attached hydrogens (tertiary/aromatic N) is 1. The SMILES string of the molecule is O=C(Cc1ccc2c(c1)OCO2)N1CCC(c2cc[nH]c(=O)c2)CC1. The maximum atomic E-state index is 12.6. The highest BCUT2D eigenvalue weighted by molar-refractivity contribution is 5.79. The van der Waals surface area contributed by atoms with Gasteiger partial charge in [0, 0.05) is 25.4 Å². The van der Waals surface area contributed by atoms with Crippen LogP contribution in [0.4, 0.5) is 0 Å². The van der Waals surface area contributed by atoms with E-state index < -0.39 is 0 Å². The molecule has 2 aliphatic heterocycles. The lowest BCUT2D eigenvalue weighted by atomic mass is 9.90. The van der Waals surface area contributed by atoms with Crippen molar-refractivity contribution >= 4 is 5.91 Å². The number of carbonyl (C=O) groups excluding carboxylic acids is 1. The number of benzene rings is 1. The number of hydrogen-bond donors (Lipinski definition) is 1. The van der Waals surface area contributed by atoms with E-state index in [1.807, 2.05) is 29.2 Å². The zero-order valence-corrected chi connectivity index (χ0v) is 13.9. The molecule has 6 nitrogen and oxygen atoms in total. The number of hydrogen-bond acceptors (Lipinski definition) is 4. The van der Waals surface area contributed by atoms with Crippen molar-refractivity contribution in [3.05, 3.63) is 58.0 Å². The van der Waals surface area contributed by atoms with Gasteiger partial charge in [0.25, 0.3) is 0 Å². The van der Waals surface area contributed by atoms with Crippen LogP contribution >= 0.6 is 0 Å². The monoisotopic (exact) mass is 340 g/mol. The van der Waals surface area contributed by atoms with E-state index in [1.54, 1.807) is 12.3 Å². The molecule has 130 valence electrons. The molecule has 1 saturated heterocycles. The number of carbonyl (C=O) groups is 1. The Balaban J connectivity index is 1.36. The molecule has 6 heteroatoms. The van der Waals surface area contributed by atoms with E-state index in [0.717, 1.165) is 42.8 Å². The number of H-pyrrole nitrogens is 1. The van der Waals surface area contributed by atoms with Crippen molar-refractivity contribution in [3.8, 4) is 11.5 Å². The number of ether oxygens (including phenoxy) is 2. The van der Waals surface area contributed by atoms with Gasteiger partial charge in [0.05, 0.1) is 6.42 Å². The van der Waals surface area contributed by atoms with Gasteiger partial charge in [0.2, 0.25) is 18.3 Å². The number of likely N-dealkylation sites (tertiary alicyclic amines) is 1. The summed E-state index contributed by atoms with van der Waals surface area (Å²) < 4.78 is 10.7. The smallest absolute Gasteiger partial charge is 0.248 e. The highest BCUT2D eigenvalue weighted by Crippen LogP contribution is 2.33. The maximum absolute atomic E-state index is 12.6. The standard InChI is InChI=1S/C19H20N2O4/c22-18-11-15(3-6-20-18)14-4-7-21(8-5-14)19(23)10-13-1-2-16-17(9-13)25-12-24-16/h1-3,6,9,11,14H,4-5,7-8,10,12H2,(H,20,22). The van der Waals surface area contributed by atoms with Gasteiger partial charge in [-0.1, -0.05) is 6.07 Å². The zero-order chi connectivity index (χ0) is 17.2. The Kier molecular flexibility index (Phi) is 4.17. The molecular formula is C19H20N2O4. The van der Waals surface area contributed by atoms with Crippen LogP contribution in [-0.2, 0) is 11.2 Å². The molecule has 1 aromatic carbocycles. The molecule has 0 spiro atoms. The van der Waals surface area contributed by atoms with Gasteiger partial charge in [-0.2, -0.15) is 0 Å². The molecule has 0 unspecified atom stereocenters. The summed E-state index contributed by atoms with van der Waals surface area (Å²) in [7, 11) is 0. The fourth-order valence-corrected chi connectivity index (χ4v) is 3.51. The number of aromatic amines is 1. The average Bonchev–Trinajstić information content (AvgIpc) is 3.09. The number of piperidine rings is 1. The van der Waals surface area contributed by atoms with Crippen LogP contribution < -0.4 is 15.0 Å². The Morgan fingerprint density at radius 1 is 1.12 bits per heavy atom. The Labute approximate surface area is 145 Å². The molecule has 25 heavy (non-hydrogen) atoms. The molecular weight excluding hydrogens is 320 g/mol. The first-order valence-electron chi connectivity index (χ1n) is 8.54. The second kappa shape index (κ2) is 6.63. The molecule has 1 aromatic heterocycles. The fourth-order valence-electron chi connectivity index (χ4n) is 3.51. The lowest BCUT2D eigenvalue weighted by Crippen LogP contribution is -2.38. The van der Waals surface area contributed by atoms with Crippen LogP contribution in [0.2, 0.25) is 0 Å². The minimum Gasteiger partial charge on any atom is -0.454 e. The Hall–Kier alpha value is -2.76. The van der Waals surface area contributed by atoms with Crippen LogP contribution in [0.3, 0.4) is 0 Å². The van der Waals surface area contributed by atoms with E-state index in [-0.39, 0.29) is 18.3 Å². The quantitative estimate of drug-likeness (QED) is 0.928. The van der Waals surface area contributed by atoms with Crippen LogP contribution in [-0.4, -0.2) is 35.7 Å². The van der Waals surface area contributed by atoms with Crippen molar-refractivity contribution in [1.82, 2.24) is 9.88 Å². The molecule has 4 rings (SSSR count). The minimum absolute atomic E-state index is 0.0705. The first-order valence-corrected chi connectivity index (χ1v) is 8.54. The third kappa shape index (κ3) is 3.38. The van der Waals surface area contributed by atoms with E-state index in [0.29, 0.717) is 18.1 Å². The summed E-state index contributed by atoms with van der Waals surface area (Å²) in [5, 5.41) is 0. The highest BCUT2D eigenvalue weighted by atomic mass is 16.7. The van der Waals surface area contributed by atoms with E-state index >= 15 is 0 Å². The summed E-state index contributed by atoms with van der Waals surface area (Å²) in [5.74, 6) is 1.91. The summed E-state index contributed by atoms with van der Waals surface area (Å²) in [5.41, 5.74) is 1.93. The van der Waals surface area contributed by atoms with Crippen LogP contribution in [0, 0.1) is 0 Å². The molecule has 1 N–H and O–H groups in total. The number of fused-ring (bicyclic) bond motifs is 1. The molecule has 1 fully saturated rings. The molecule has 3 heterocycles. The highest BCUT2D eigenvalue weighted by Gasteiger charge is 2.24. The number of aromatic nitrogens is 1. The Morgan fingerprint density at radius 3 is 2.72 bits per heavy atom. The maximum Gasteiger partial charge on any atom is 0.248 e. The molecule has 0 bridgehead atoms. The van der Waals surface area contributed by atoms with Gasteiger partial charge in [-0.25, -0.2) is 0 Å². The van der Waals surface area contributed by atoms with Gasteiger partial charge >= 0.3 is 0 Å². The zero-order valence-electron chi connectivity index (χ0n) is 13.9. The lowest BCUT2D eigenvalue weighted by Gasteiger charge is -2.32. The van der Waals surface area contributed by atoms with Gasteiger partial charge < -0.3 is 19.4 Å². The van der Waals surface area contributed by atoms with Gasteiger partial charge in [-0.15, -0.1) is 0 Å². The second-order valence-corrected chi connectivity index (χ2v) is 6.51.